The summed E-state index contributed by atoms with van der Waals surface area (Å²) >= 11 is 0. The lowest BCUT2D eigenvalue weighted by Crippen LogP contribution is -2.30. The topological polar surface area (TPSA) is 72.6 Å². The van der Waals surface area contributed by atoms with Gasteiger partial charge in [-0.15, -0.1) is 0 Å². The van der Waals surface area contributed by atoms with Gasteiger partial charge in [-0.2, -0.15) is 5.10 Å². The van der Waals surface area contributed by atoms with Crippen LogP contribution in [-0.4, -0.2) is 30.4 Å². The van der Waals surface area contributed by atoms with Crippen molar-refractivity contribution >= 4 is 11.6 Å². The Kier molecular flexibility index (Phi) is 6.89. The van der Waals surface area contributed by atoms with Crippen molar-refractivity contribution in [2.75, 3.05) is 0 Å². The highest BCUT2D eigenvalue weighted by molar-refractivity contribution is 5.93. The molecule has 0 fully saturated rings. The van der Waals surface area contributed by atoms with Crippen LogP contribution in [0, 0.1) is 19.7 Å². The van der Waals surface area contributed by atoms with Crippen molar-refractivity contribution < 1.29 is 13.9 Å². The van der Waals surface area contributed by atoms with Crippen LogP contribution in [0.5, 0.6) is 5.75 Å². The van der Waals surface area contributed by atoms with Crippen LogP contribution in [-0.2, 0) is 19.7 Å². The molecule has 0 aliphatic heterocycles. The van der Waals surface area contributed by atoms with Crippen molar-refractivity contribution in [1.82, 2.24) is 24.5 Å². The van der Waals surface area contributed by atoms with Crippen LogP contribution < -0.4 is 4.74 Å². The van der Waals surface area contributed by atoms with E-state index in [4.69, 9.17) is 4.74 Å². The van der Waals surface area contributed by atoms with Crippen molar-refractivity contribution in [2.45, 2.75) is 33.5 Å². The number of aromatic nitrogens is 4. The predicted octanol–water partition coefficient (Wildman–Crippen LogP) is 5.30. The molecule has 0 aliphatic carbocycles. The quantitative estimate of drug-likeness (QED) is 0.292. The van der Waals surface area contributed by atoms with E-state index in [1.807, 2.05) is 56.3 Å². The SMILES string of the molecule is Cc1cc(C)n2nc(C(=O)N(Cc3ccc(OCc4ccc(F)cc4)cc3)Cc3cccnc3)cc2n1. The number of hydrogen-bond acceptors (Lipinski definition) is 5. The summed E-state index contributed by atoms with van der Waals surface area (Å²) in [6.45, 7) is 4.96. The molecule has 8 heteroatoms. The Hall–Kier alpha value is -4.59. The van der Waals surface area contributed by atoms with Crippen molar-refractivity contribution in [3.63, 3.8) is 0 Å². The molecule has 0 bridgehead atoms. The first-order valence-corrected chi connectivity index (χ1v) is 11.9. The Morgan fingerprint density at radius 3 is 2.41 bits per heavy atom. The van der Waals surface area contributed by atoms with E-state index in [-0.39, 0.29) is 11.7 Å². The summed E-state index contributed by atoms with van der Waals surface area (Å²) in [5, 5.41) is 4.53. The van der Waals surface area contributed by atoms with Gasteiger partial charge in [0.05, 0.1) is 0 Å². The molecule has 7 nitrogen and oxygen atoms in total. The number of halogens is 1. The summed E-state index contributed by atoms with van der Waals surface area (Å²) < 4.78 is 20.6. The summed E-state index contributed by atoms with van der Waals surface area (Å²) in [6.07, 6.45) is 3.46. The molecule has 0 unspecified atom stereocenters. The van der Waals surface area contributed by atoms with Gasteiger partial charge in [-0.05, 0) is 66.9 Å². The van der Waals surface area contributed by atoms with Crippen LogP contribution in [0.2, 0.25) is 0 Å². The van der Waals surface area contributed by atoms with E-state index in [1.54, 1.807) is 40.0 Å². The fraction of sp³-hybridized carbons (Fsp3) is 0.172. The van der Waals surface area contributed by atoms with Crippen LogP contribution >= 0.6 is 0 Å². The maximum absolute atomic E-state index is 13.6. The van der Waals surface area contributed by atoms with Gasteiger partial charge >= 0.3 is 0 Å². The number of carbonyl (C=O) groups excluding carboxylic acids is 1. The average molecular weight is 496 g/mol. The summed E-state index contributed by atoms with van der Waals surface area (Å²) in [4.78, 5) is 24.1. The normalized spacial score (nSPS) is 11.0. The third kappa shape index (κ3) is 5.81. The van der Waals surface area contributed by atoms with Crippen LogP contribution in [0.4, 0.5) is 4.39 Å². The number of rotatable bonds is 8. The predicted molar refractivity (Wildman–Crippen MR) is 137 cm³/mol. The number of aryl methyl sites for hydroxylation is 2. The van der Waals surface area contributed by atoms with E-state index in [9.17, 15) is 9.18 Å². The molecule has 186 valence electrons. The Bertz CT molecular complexity index is 1520. The molecule has 37 heavy (non-hydrogen) atoms. The van der Waals surface area contributed by atoms with Crippen molar-refractivity contribution in [1.29, 1.82) is 0 Å². The Labute approximate surface area is 214 Å². The number of pyridine rings is 1. The highest BCUT2D eigenvalue weighted by Crippen LogP contribution is 2.19. The summed E-state index contributed by atoms with van der Waals surface area (Å²) in [6, 6.07) is 21.3. The van der Waals surface area contributed by atoms with E-state index in [0.717, 1.165) is 28.1 Å². The van der Waals surface area contributed by atoms with E-state index in [0.29, 0.717) is 36.8 Å². The van der Waals surface area contributed by atoms with Crippen molar-refractivity contribution in [2.24, 2.45) is 0 Å². The second-order valence-corrected chi connectivity index (χ2v) is 8.92. The first-order valence-electron chi connectivity index (χ1n) is 11.9. The Morgan fingerprint density at radius 2 is 1.68 bits per heavy atom. The zero-order valence-electron chi connectivity index (χ0n) is 20.6. The minimum atomic E-state index is -0.274. The standard InChI is InChI=1S/C29H26FN5O2/c1-20-14-21(2)35-28(32-20)15-27(33-35)29(36)34(18-24-4-3-13-31-16-24)17-22-7-11-26(12-8-22)37-19-23-5-9-25(30)10-6-23/h3-16H,17-19H2,1-2H3. The average Bonchev–Trinajstić information content (AvgIpc) is 3.33. The largest absolute Gasteiger partial charge is 0.489 e. The molecule has 0 N–H and O–H groups in total. The van der Waals surface area contributed by atoms with Gasteiger partial charge in [-0.3, -0.25) is 9.78 Å². The molecule has 3 aromatic heterocycles. The summed E-state index contributed by atoms with van der Waals surface area (Å²) in [5.41, 5.74) is 5.51. The van der Waals surface area contributed by atoms with Crippen LogP contribution in [0.1, 0.15) is 38.6 Å². The van der Waals surface area contributed by atoms with Crippen LogP contribution in [0.3, 0.4) is 0 Å². The maximum Gasteiger partial charge on any atom is 0.275 e. The van der Waals surface area contributed by atoms with E-state index < -0.39 is 0 Å². The van der Waals surface area contributed by atoms with Crippen molar-refractivity contribution in [3.8, 4) is 5.75 Å². The zero-order valence-corrected chi connectivity index (χ0v) is 20.6. The molecular weight excluding hydrogens is 469 g/mol. The van der Waals surface area contributed by atoms with E-state index in [2.05, 4.69) is 15.1 Å². The highest BCUT2D eigenvalue weighted by Gasteiger charge is 2.21. The van der Waals surface area contributed by atoms with Gasteiger partial charge in [-0.25, -0.2) is 13.9 Å². The molecule has 0 radical (unpaired) electrons. The van der Waals surface area contributed by atoms with Gasteiger partial charge in [0.2, 0.25) is 0 Å². The maximum atomic E-state index is 13.6. The van der Waals surface area contributed by atoms with Gasteiger partial charge in [0, 0.05) is 42.9 Å². The third-order valence-corrected chi connectivity index (χ3v) is 5.95. The lowest BCUT2D eigenvalue weighted by Gasteiger charge is -2.22. The molecule has 5 aromatic rings. The van der Waals surface area contributed by atoms with Gasteiger partial charge in [-0.1, -0.05) is 30.3 Å². The van der Waals surface area contributed by atoms with Gasteiger partial charge < -0.3 is 9.64 Å². The molecule has 2 aromatic carbocycles. The number of nitrogens with zero attached hydrogens (tertiary/aromatic N) is 5. The van der Waals surface area contributed by atoms with Crippen LogP contribution in [0.15, 0.2) is 85.2 Å². The molecule has 0 saturated carbocycles. The minimum absolute atomic E-state index is 0.192. The number of hydrogen-bond donors (Lipinski definition) is 0. The molecule has 0 atom stereocenters. The second-order valence-electron chi connectivity index (χ2n) is 8.92. The number of amides is 1. The third-order valence-electron chi connectivity index (χ3n) is 5.95. The van der Waals surface area contributed by atoms with Gasteiger partial charge in [0.15, 0.2) is 11.3 Å². The molecule has 3 heterocycles. The summed E-state index contributed by atoms with van der Waals surface area (Å²) in [5.74, 6) is 0.224. The Morgan fingerprint density at radius 1 is 0.946 bits per heavy atom. The first-order chi connectivity index (χ1) is 17.9. The lowest BCUT2D eigenvalue weighted by molar-refractivity contribution is 0.0723. The van der Waals surface area contributed by atoms with Crippen LogP contribution in [0.25, 0.3) is 5.65 Å². The number of carbonyl (C=O) groups is 1. The highest BCUT2D eigenvalue weighted by atomic mass is 19.1. The second kappa shape index (κ2) is 10.6. The fourth-order valence-corrected chi connectivity index (χ4v) is 4.12. The molecule has 0 aliphatic rings. The minimum Gasteiger partial charge on any atom is -0.489 e. The molecule has 1 amide bonds. The Balaban J connectivity index is 1.34. The fourth-order valence-electron chi connectivity index (χ4n) is 4.12. The van der Waals surface area contributed by atoms with Gasteiger partial charge in [0.25, 0.3) is 5.91 Å². The number of ether oxygens (including phenoxy) is 1. The molecule has 0 saturated heterocycles. The first kappa shape index (κ1) is 24.1. The molecule has 0 spiro atoms. The zero-order chi connectivity index (χ0) is 25.8. The van der Waals surface area contributed by atoms with E-state index >= 15 is 0 Å². The van der Waals surface area contributed by atoms with E-state index in [1.165, 1.54) is 12.1 Å². The number of fused-ring (bicyclic) bond motifs is 1. The van der Waals surface area contributed by atoms with Crippen molar-refractivity contribution in [3.05, 3.63) is 125 Å². The summed E-state index contributed by atoms with van der Waals surface area (Å²) in [7, 11) is 0. The molecular formula is C29H26FN5O2. The van der Waals surface area contributed by atoms with Gasteiger partial charge in [0.1, 0.15) is 18.2 Å². The lowest BCUT2D eigenvalue weighted by atomic mass is 10.1. The number of benzene rings is 2. The molecule has 5 rings (SSSR count). The monoisotopic (exact) mass is 495 g/mol. The smallest absolute Gasteiger partial charge is 0.275 e.